The summed E-state index contributed by atoms with van der Waals surface area (Å²) in [6, 6.07) is 11.6. The van der Waals surface area contributed by atoms with E-state index >= 15 is 0 Å². The van der Waals surface area contributed by atoms with Crippen LogP contribution in [-0.4, -0.2) is 87.4 Å². The van der Waals surface area contributed by atoms with Gasteiger partial charge in [0.15, 0.2) is 0 Å². The summed E-state index contributed by atoms with van der Waals surface area (Å²) < 4.78 is 5.52. The van der Waals surface area contributed by atoms with Crippen LogP contribution < -0.4 is 0 Å². The molecule has 1 aromatic carbocycles. The lowest BCUT2D eigenvalue weighted by Gasteiger charge is -2.47. The number of piperidine rings is 1. The fourth-order valence-electron chi connectivity index (χ4n) is 4.91. The number of aromatic nitrogens is 2. The summed E-state index contributed by atoms with van der Waals surface area (Å²) in [5, 5.41) is 13.8. The second-order valence-electron chi connectivity index (χ2n) is 8.88. The molecule has 2 aliphatic heterocycles. The Labute approximate surface area is 179 Å². The van der Waals surface area contributed by atoms with Gasteiger partial charge in [-0.3, -0.25) is 9.80 Å². The number of likely N-dealkylation sites (tertiary alicyclic amines) is 1. The maximum atomic E-state index is 9.66. The quantitative estimate of drug-likeness (QED) is 0.748. The zero-order valence-electron chi connectivity index (χ0n) is 18.3. The first-order valence-corrected chi connectivity index (χ1v) is 11.3. The SMILES string of the molecule is CC(C)N1CCC(N2CCN(Cc3nc(-c4ccccc4)no3)CC2CCO)CC1. The van der Waals surface area contributed by atoms with Crippen molar-refractivity contribution in [2.75, 3.05) is 39.3 Å². The van der Waals surface area contributed by atoms with Crippen LogP contribution in [-0.2, 0) is 6.54 Å². The molecule has 7 heteroatoms. The lowest BCUT2D eigenvalue weighted by atomic mass is 9.97. The third kappa shape index (κ3) is 5.09. The second-order valence-corrected chi connectivity index (χ2v) is 8.88. The molecule has 0 saturated carbocycles. The van der Waals surface area contributed by atoms with Gasteiger partial charge in [-0.1, -0.05) is 35.5 Å². The molecule has 2 fully saturated rings. The number of hydrogen-bond donors (Lipinski definition) is 1. The summed E-state index contributed by atoms with van der Waals surface area (Å²) in [7, 11) is 0. The van der Waals surface area contributed by atoms with Gasteiger partial charge in [-0.15, -0.1) is 0 Å². The Balaban J connectivity index is 1.35. The van der Waals surface area contributed by atoms with Crippen molar-refractivity contribution in [3.63, 3.8) is 0 Å². The third-order valence-corrected chi connectivity index (χ3v) is 6.63. The molecule has 164 valence electrons. The van der Waals surface area contributed by atoms with Gasteiger partial charge >= 0.3 is 0 Å². The molecule has 2 saturated heterocycles. The number of rotatable bonds is 7. The maximum absolute atomic E-state index is 9.66. The molecule has 2 aliphatic rings. The Hall–Kier alpha value is -1.80. The van der Waals surface area contributed by atoms with Crippen molar-refractivity contribution >= 4 is 0 Å². The smallest absolute Gasteiger partial charge is 0.241 e. The van der Waals surface area contributed by atoms with Crippen LogP contribution in [0.1, 0.15) is 39.0 Å². The largest absolute Gasteiger partial charge is 0.396 e. The minimum atomic E-state index is 0.235. The normalized spacial score (nSPS) is 22.7. The van der Waals surface area contributed by atoms with Crippen LogP contribution in [0.15, 0.2) is 34.9 Å². The Morgan fingerprint density at radius 1 is 1.10 bits per heavy atom. The molecule has 1 unspecified atom stereocenters. The van der Waals surface area contributed by atoms with Gasteiger partial charge in [0.05, 0.1) is 6.54 Å². The number of aliphatic hydroxyl groups excluding tert-OH is 1. The first-order valence-electron chi connectivity index (χ1n) is 11.3. The van der Waals surface area contributed by atoms with Crippen LogP contribution in [0.5, 0.6) is 0 Å². The summed E-state index contributed by atoms with van der Waals surface area (Å²) in [6.07, 6.45) is 3.27. The van der Waals surface area contributed by atoms with E-state index in [1.54, 1.807) is 0 Å². The fraction of sp³-hybridized carbons (Fsp3) is 0.652. The summed E-state index contributed by atoms with van der Waals surface area (Å²) in [5.74, 6) is 1.31. The highest BCUT2D eigenvalue weighted by Crippen LogP contribution is 2.25. The van der Waals surface area contributed by atoms with Gasteiger partial charge in [0.25, 0.3) is 0 Å². The first-order chi connectivity index (χ1) is 14.6. The Bertz CT molecular complexity index is 773. The van der Waals surface area contributed by atoms with Crippen molar-refractivity contribution in [3.8, 4) is 11.4 Å². The average molecular weight is 414 g/mol. The van der Waals surface area contributed by atoms with Crippen molar-refractivity contribution in [1.29, 1.82) is 0 Å². The Morgan fingerprint density at radius 2 is 1.87 bits per heavy atom. The highest BCUT2D eigenvalue weighted by atomic mass is 16.5. The van der Waals surface area contributed by atoms with Crippen molar-refractivity contribution in [3.05, 3.63) is 36.2 Å². The summed E-state index contributed by atoms with van der Waals surface area (Å²) >= 11 is 0. The van der Waals surface area contributed by atoms with E-state index in [-0.39, 0.29) is 6.61 Å². The minimum Gasteiger partial charge on any atom is -0.396 e. The van der Waals surface area contributed by atoms with Gasteiger partial charge in [0.2, 0.25) is 11.7 Å². The zero-order chi connectivity index (χ0) is 20.9. The number of hydrogen-bond acceptors (Lipinski definition) is 7. The van der Waals surface area contributed by atoms with Gasteiger partial charge in [0.1, 0.15) is 0 Å². The van der Waals surface area contributed by atoms with E-state index in [9.17, 15) is 5.11 Å². The number of nitrogens with zero attached hydrogens (tertiary/aromatic N) is 5. The van der Waals surface area contributed by atoms with Crippen LogP contribution in [0.4, 0.5) is 0 Å². The lowest BCUT2D eigenvalue weighted by Crippen LogP contribution is -2.58. The van der Waals surface area contributed by atoms with Gasteiger partial charge in [-0.25, -0.2) is 0 Å². The van der Waals surface area contributed by atoms with Crippen LogP contribution in [0, 0.1) is 0 Å². The Morgan fingerprint density at radius 3 is 2.57 bits per heavy atom. The monoisotopic (exact) mass is 413 g/mol. The van der Waals surface area contributed by atoms with Crippen molar-refractivity contribution in [2.24, 2.45) is 0 Å². The maximum Gasteiger partial charge on any atom is 0.241 e. The molecule has 0 amide bonds. The van der Waals surface area contributed by atoms with Crippen molar-refractivity contribution in [2.45, 2.75) is 57.8 Å². The molecule has 30 heavy (non-hydrogen) atoms. The molecule has 1 atom stereocenters. The van der Waals surface area contributed by atoms with E-state index in [2.05, 4.69) is 38.7 Å². The molecular formula is C23H35N5O2. The Kier molecular flexibility index (Phi) is 7.15. The number of piperazine rings is 1. The van der Waals surface area contributed by atoms with Crippen LogP contribution in [0.2, 0.25) is 0 Å². The lowest BCUT2D eigenvalue weighted by molar-refractivity contribution is -0.00247. The van der Waals surface area contributed by atoms with Crippen LogP contribution >= 0.6 is 0 Å². The van der Waals surface area contributed by atoms with E-state index in [4.69, 9.17) is 4.52 Å². The highest BCUT2D eigenvalue weighted by molar-refractivity contribution is 5.53. The van der Waals surface area contributed by atoms with Gasteiger partial charge < -0.3 is 14.5 Å². The molecule has 2 aromatic rings. The number of aliphatic hydroxyl groups is 1. The van der Waals surface area contributed by atoms with E-state index < -0.39 is 0 Å². The van der Waals surface area contributed by atoms with E-state index in [1.165, 1.54) is 25.9 Å². The predicted octanol–water partition coefficient (Wildman–Crippen LogP) is 2.48. The minimum absolute atomic E-state index is 0.235. The molecule has 0 bridgehead atoms. The van der Waals surface area contributed by atoms with Crippen molar-refractivity contribution in [1.82, 2.24) is 24.8 Å². The van der Waals surface area contributed by atoms with Crippen molar-refractivity contribution < 1.29 is 9.63 Å². The molecule has 4 rings (SSSR count). The summed E-state index contributed by atoms with van der Waals surface area (Å²) in [6.45, 7) is 10.8. The van der Waals surface area contributed by atoms with E-state index in [0.29, 0.717) is 36.4 Å². The number of benzene rings is 1. The molecule has 1 N–H and O–H groups in total. The second kappa shape index (κ2) is 10.0. The topological polar surface area (TPSA) is 68.9 Å². The van der Waals surface area contributed by atoms with Crippen LogP contribution in [0.25, 0.3) is 11.4 Å². The fourth-order valence-corrected chi connectivity index (χ4v) is 4.91. The molecular weight excluding hydrogens is 378 g/mol. The summed E-state index contributed by atoms with van der Waals surface area (Å²) in [5.41, 5.74) is 0.975. The molecule has 0 spiro atoms. The van der Waals surface area contributed by atoms with Gasteiger partial charge in [-0.2, -0.15) is 4.98 Å². The average Bonchev–Trinajstić information content (AvgIpc) is 3.23. The van der Waals surface area contributed by atoms with Gasteiger partial charge in [0, 0.05) is 49.9 Å². The zero-order valence-corrected chi connectivity index (χ0v) is 18.3. The third-order valence-electron chi connectivity index (χ3n) is 6.63. The predicted molar refractivity (Wildman–Crippen MR) is 117 cm³/mol. The van der Waals surface area contributed by atoms with E-state index in [1.807, 2.05) is 30.3 Å². The molecule has 0 aliphatic carbocycles. The standard InChI is InChI=1S/C23H35N5O2/c1-18(2)27-11-8-20(9-12-27)28-14-13-26(16-21(28)10-15-29)17-22-24-23(25-30-22)19-6-4-3-5-7-19/h3-7,18,20-21,29H,8-17H2,1-2H3. The highest BCUT2D eigenvalue weighted by Gasteiger charge is 2.34. The van der Waals surface area contributed by atoms with Gasteiger partial charge in [-0.05, 0) is 46.2 Å². The molecule has 1 aromatic heterocycles. The van der Waals surface area contributed by atoms with Crippen LogP contribution in [0.3, 0.4) is 0 Å². The molecule has 0 radical (unpaired) electrons. The molecule has 7 nitrogen and oxygen atoms in total. The first kappa shape index (κ1) is 21.4. The van der Waals surface area contributed by atoms with E-state index in [0.717, 1.165) is 31.6 Å². The summed E-state index contributed by atoms with van der Waals surface area (Å²) in [4.78, 5) is 12.2. The molecule has 3 heterocycles.